The first-order valence-corrected chi connectivity index (χ1v) is 10.3. The molecule has 0 bridgehead atoms. The maximum absolute atomic E-state index is 13.3. The molecule has 0 spiro atoms. The van der Waals surface area contributed by atoms with Gasteiger partial charge < -0.3 is 14.6 Å². The van der Waals surface area contributed by atoms with Crippen LogP contribution in [0, 0.1) is 6.92 Å². The van der Waals surface area contributed by atoms with Crippen LogP contribution in [0.2, 0.25) is 0 Å². The van der Waals surface area contributed by atoms with Crippen LogP contribution >= 0.6 is 0 Å². The van der Waals surface area contributed by atoms with Gasteiger partial charge in [-0.15, -0.1) is 0 Å². The van der Waals surface area contributed by atoms with Gasteiger partial charge in [0, 0.05) is 30.2 Å². The summed E-state index contributed by atoms with van der Waals surface area (Å²) in [5.74, 6) is 0.523. The van der Waals surface area contributed by atoms with Crippen molar-refractivity contribution >= 4 is 22.5 Å². The lowest BCUT2D eigenvalue weighted by molar-refractivity contribution is -0.140. The minimum atomic E-state index is -4.51. The predicted octanol–water partition coefficient (Wildman–Crippen LogP) is 5.65. The second-order valence-electron chi connectivity index (χ2n) is 8.03. The zero-order valence-electron chi connectivity index (χ0n) is 17.4. The van der Waals surface area contributed by atoms with Gasteiger partial charge in [-0.05, 0) is 50.8 Å². The molecule has 1 saturated carbocycles. The molecule has 8 heteroatoms. The van der Waals surface area contributed by atoms with Gasteiger partial charge in [-0.2, -0.15) is 13.2 Å². The van der Waals surface area contributed by atoms with E-state index in [0.717, 1.165) is 31.7 Å². The van der Waals surface area contributed by atoms with E-state index in [0.29, 0.717) is 27.9 Å². The second kappa shape index (κ2) is 8.24. The average Bonchev–Trinajstić information content (AvgIpc) is 3.18. The Morgan fingerprint density at radius 2 is 1.87 bits per heavy atom. The van der Waals surface area contributed by atoms with Crippen molar-refractivity contribution in [2.75, 3.05) is 12.4 Å². The van der Waals surface area contributed by atoms with E-state index in [1.54, 1.807) is 49.2 Å². The third-order valence-corrected chi connectivity index (χ3v) is 6.02. The van der Waals surface area contributed by atoms with Gasteiger partial charge in [-0.1, -0.05) is 18.2 Å². The second-order valence-corrected chi connectivity index (χ2v) is 8.03. The highest BCUT2D eigenvalue weighted by Crippen LogP contribution is 2.34. The van der Waals surface area contributed by atoms with Gasteiger partial charge in [-0.3, -0.25) is 4.79 Å². The third-order valence-electron chi connectivity index (χ3n) is 6.02. The number of rotatable bonds is 4. The minimum Gasteiger partial charge on any atom is -0.469 e. The smallest absolute Gasteiger partial charge is 0.433 e. The number of pyridine rings is 1. The Balaban J connectivity index is 1.46. The van der Waals surface area contributed by atoms with Crippen LogP contribution in [0.25, 0.3) is 10.9 Å². The molecule has 1 amide bonds. The van der Waals surface area contributed by atoms with Crippen molar-refractivity contribution in [3.63, 3.8) is 0 Å². The van der Waals surface area contributed by atoms with E-state index in [1.807, 2.05) is 0 Å². The Kier molecular flexibility index (Phi) is 5.64. The van der Waals surface area contributed by atoms with Gasteiger partial charge in [0.2, 0.25) is 0 Å². The SMILES string of the molecule is Cc1occc1C(=O)N(C)C1CCC(Nc2cc(C(F)(F)F)nc3ccccc23)CC1. The molecule has 31 heavy (non-hydrogen) atoms. The number of para-hydroxylation sites is 1. The Morgan fingerprint density at radius 3 is 2.52 bits per heavy atom. The number of nitrogens with one attached hydrogen (secondary N) is 1. The number of halogens is 3. The quantitative estimate of drug-likeness (QED) is 0.580. The first kappa shape index (κ1) is 21.2. The number of hydrogen-bond donors (Lipinski definition) is 1. The van der Waals surface area contributed by atoms with Crippen molar-refractivity contribution in [2.24, 2.45) is 0 Å². The molecular formula is C23H24F3N3O2. The van der Waals surface area contributed by atoms with Crippen LogP contribution in [0.4, 0.5) is 18.9 Å². The highest BCUT2D eigenvalue weighted by Gasteiger charge is 2.34. The van der Waals surface area contributed by atoms with E-state index in [1.165, 1.54) is 6.26 Å². The largest absolute Gasteiger partial charge is 0.469 e. The number of fused-ring (bicyclic) bond motifs is 1. The highest BCUT2D eigenvalue weighted by atomic mass is 19.4. The number of furan rings is 1. The summed E-state index contributed by atoms with van der Waals surface area (Å²) in [6.45, 7) is 1.76. The zero-order chi connectivity index (χ0) is 22.2. The fourth-order valence-electron chi connectivity index (χ4n) is 4.23. The van der Waals surface area contributed by atoms with E-state index in [2.05, 4.69) is 10.3 Å². The van der Waals surface area contributed by atoms with Gasteiger partial charge in [0.15, 0.2) is 0 Å². The predicted molar refractivity (Wildman–Crippen MR) is 112 cm³/mol. The Bertz CT molecular complexity index is 1090. The molecule has 1 aromatic carbocycles. The molecule has 0 unspecified atom stereocenters. The van der Waals surface area contributed by atoms with Crippen LogP contribution in [-0.2, 0) is 6.18 Å². The Labute approximate surface area is 178 Å². The summed E-state index contributed by atoms with van der Waals surface area (Å²) >= 11 is 0. The molecule has 164 valence electrons. The van der Waals surface area contributed by atoms with Gasteiger partial charge in [0.1, 0.15) is 11.5 Å². The molecule has 2 heterocycles. The molecular weight excluding hydrogens is 407 g/mol. The number of nitrogens with zero attached hydrogens (tertiary/aromatic N) is 2. The lowest BCUT2D eigenvalue weighted by atomic mass is 9.89. The number of hydrogen-bond acceptors (Lipinski definition) is 4. The molecule has 0 saturated heterocycles. The summed E-state index contributed by atoms with van der Waals surface area (Å²) in [5.41, 5.74) is 0.419. The molecule has 1 N–H and O–H groups in total. The Morgan fingerprint density at radius 1 is 1.16 bits per heavy atom. The maximum Gasteiger partial charge on any atom is 0.433 e. The molecule has 1 fully saturated rings. The first-order chi connectivity index (χ1) is 14.7. The summed E-state index contributed by atoms with van der Waals surface area (Å²) < 4.78 is 45.1. The number of carbonyl (C=O) groups is 1. The normalized spacial score (nSPS) is 19.4. The molecule has 1 aliphatic rings. The number of aryl methyl sites for hydroxylation is 1. The van der Waals surface area contributed by atoms with Gasteiger partial charge >= 0.3 is 6.18 Å². The zero-order valence-corrected chi connectivity index (χ0v) is 17.4. The van der Waals surface area contributed by atoms with Crippen LogP contribution in [-0.4, -0.2) is 34.9 Å². The molecule has 0 radical (unpaired) electrons. The maximum atomic E-state index is 13.3. The number of carbonyl (C=O) groups excluding carboxylic acids is 1. The lowest BCUT2D eigenvalue weighted by Gasteiger charge is -2.35. The number of amides is 1. The number of aromatic nitrogens is 1. The summed E-state index contributed by atoms with van der Waals surface area (Å²) in [6.07, 6.45) is 0.0467. The summed E-state index contributed by atoms with van der Waals surface area (Å²) in [6, 6.07) is 9.71. The topological polar surface area (TPSA) is 58.4 Å². The van der Waals surface area contributed by atoms with Crippen LogP contribution in [0.5, 0.6) is 0 Å². The molecule has 1 aliphatic carbocycles. The minimum absolute atomic E-state index is 0.0299. The molecule has 5 nitrogen and oxygen atoms in total. The van der Waals surface area contributed by atoms with E-state index >= 15 is 0 Å². The number of benzene rings is 1. The monoisotopic (exact) mass is 431 g/mol. The first-order valence-electron chi connectivity index (χ1n) is 10.3. The van der Waals surface area contributed by atoms with Gasteiger partial charge in [0.25, 0.3) is 5.91 Å². The lowest BCUT2D eigenvalue weighted by Crippen LogP contribution is -2.41. The molecule has 3 aromatic rings. The van der Waals surface area contributed by atoms with Crippen molar-refractivity contribution in [3.8, 4) is 0 Å². The van der Waals surface area contributed by atoms with Crippen molar-refractivity contribution in [1.29, 1.82) is 0 Å². The van der Waals surface area contributed by atoms with Crippen molar-refractivity contribution in [2.45, 2.75) is 50.9 Å². The van der Waals surface area contributed by atoms with Gasteiger partial charge in [0.05, 0.1) is 17.3 Å². The Hall–Kier alpha value is -3.03. The van der Waals surface area contributed by atoms with E-state index < -0.39 is 11.9 Å². The fourth-order valence-corrected chi connectivity index (χ4v) is 4.23. The van der Waals surface area contributed by atoms with Crippen LogP contribution in [0.3, 0.4) is 0 Å². The van der Waals surface area contributed by atoms with Crippen molar-refractivity contribution in [3.05, 3.63) is 59.7 Å². The van der Waals surface area contributed by atoms with Crippen LogP contribution < -0.4 is 5.32 Å². The molecule has 0 aliphatic heterocycles. The fraction of sp³-hybridized carbons (Fsp3) is 0.391. The number of alkyl halides is 3. The van der Waals surface area contributed by atoms with E-state index in [9.17, 15) is 18.0 Å². The van der Waals surface area contributed by atoms with Crippen LogP contribution in [0.15, 0.2) is 47.1 Å². The van der Waals surface area contributed by atoms with E-state index in [4.69, 9.17) is 4.42 Å². The van der Waals surface area contributed by atoms with Crippen molar-refractivity contribution < 1.29 is 22.4 Å². The molecule has 0 atom stereocenters. The number of anilines is 1. The standard InChI is InChI=1S/C23H24F3N3O2/c1-14-17(11-12-31-14)22(30)29(2)16-9-7-15(8-10-16)27-20-13-21(23(24,25)26)28-19-6-4-3-5-18(19)20/h3-6,11-13,15-16H,7-10H2,1-2H3,(H,27,28). The molecule has 4 rings (SSSR count). The molecule has 2 aromatic heterocycles. The van der Waals surface area contributed by atoms with Crippen LogP contribution in [0.1, 0.15) is 47.5 Å². The summed E-state index contributed by atoms with van der Waals surface area (Å²) in [4.78, 5) is 18.2. The van der Waals surface area contributed by atoms with Gasteiger partial charge in [-0.25, -0.2) is 4.98 Å². The highest BCUT2D eigenvalue weighted by molar-refractivity contribution is 5.95. The average molecular weight is 431 g/mol. The van der Waals surface area contributed by atoms with Crippen molar-refractivity contribution in [1.82, 2.24) is 9.88 Å². The summed E-state index contributed by atoms with van der Waals surface area (Å²) in [5, 5.41) is 3.97. The summed E-state index contributed by atoms with van der Waals surface area (Å²) in [7, 11) is 1.79. The third kappa shape index (κ3) is 4.38. The van der Waals surface area contributed by atoms with E-state index in [-0.39, 0.29) is 18.0 Å².